The summed E-state index contributed by atoms with van der Waals surface area (Å²) in [7, 11) is 0. The Balaban J connectivity index is 2.49. The van der Waals surface area contributed by atoms with E-state index in [-0.39, 0.29) is 5.84 Å². The summed E-state index contributed by atoms with van der Waals surface area (Å²) >= 11 is 0. The zero-order chi connectivity index (χ0) is 13.8. The number of nitrogens with two attached hydrogens (primary N) is 1. The van der Waals surface area contributed by atoms with E-state index in [1.54, 1.807) is 22.9 Å². The molecule has 0 radical (unpaired) electrons. The van der Waals surface area contributed by atoms with Crippen LogP contribution in [-0.2, 0) is 12.8 Å². The van der Waals surface area contributed by atoms with Gasteiger partial charge >= 0.3 is 0 Å². The smallest absolute Gasteiger partial charge is 0.188 e. The molecule has 0 fully saturated rings. The van der Waals surface area contributed by atoms with Crippen LogP contribution in [0, 0.1) is 0 Å². The number of pyridine rings is 1. The molecule has 2 heterocycles. The van der Waals surface area contributed by atoms with Crippen molar-refractivity contribution in [1.29, 1.82) is 0 Å². The quantitative estimate of drug-likeness (QED) is 0.368. The average molecular weight is 260 g/mol. The molecule has 0 saturated carbocycles. The van der Waals surface area contributed by atoms with Crippen molar-refractivity contribution in [1.82, 2.24) is 19.7 Å². The predicted octanol–water partition coefficient (Wildman–Crippen LogP) is 0.882. The Morgan fingerprint density at radius 1 is 1.32 bits per heavy atom. The maximum absolute atomic E-state index is 8.68. The van der Waals surface area contributed by atoms with Gasteiger partial charge in [0.05, 0.1) is 0 Å². The Morgan fingerprint density at radius 2 is 2.11 bits per heavy atom. The highest BCUT2D eigenvalue weighted by molar-refractivity contribution is 5.95. The van der Waals surface area contributed by atoms with Crippen LogP contribution in [0.3, 0.4) is 0 Å². The molecule has 100 valence electrons. The zero-order valence-electron chi connectivity index (χ0n) is 10.9. The minimum absolute atomic E-state index is 0.0317. The fraction of sp³-hybridized carbons (Fsp3) is 0.333. The minimum Gasteiger partial charge on any atom is -0.409 e. The average Bonchev–Trinajstić information content (AvgIpc) is 2.90. The van der Waals surface area contributed by atoms with Crippen molar-refractivity contribution in [2.75, 3.05) is 0 Å². The van der Waals surface area contributed by atoms with Crippen LogP contribution in [0.4, 0.5) is 0 Å². The second-order valence-electron chi connectivity index (χ2n) is 3.93. The number of aromatic nitrogens is 4. The SMILES string of the molecule is CCc1nc(CC)n(-c2cccc(C(N)=NO)n2)n1. The number of hydrogen-bond donors (Lipinski definition) is 2. The van der Waals surface area contributed by atoms with E-state index in [1.807, 2.05) is 13.8 Å². The first-order chi connectivity index (χ1) is 9.19. The summed E-state index contributed by atoms with van der Waals surface area (Å²) in [5.74, 6) is 2.18. The number of hydrogen-bond acceptors (Lipinski definition) is 5. The van der Waals surface area contributed by atoms with Crippen LogP contribution in [0.15, 0.2) is 23.4 Å². The summed E-state index contributed by atoms with van der Waals surface area (Å²) in [5.41, 5.74) is 5.93. The van der Waals surface area contributed by atoms with Gasteiger partial charge in [0.25, 0.3) is 0 Å². The Kier molecular flexibility index (Phi) is 3.74. The van der Waals surface area contributed by atoms with Crippen LogP contribution in [0.2, 0.25) is 0 Å². The fourth-order valence-corrected chi connectivity index (χ4v) is 1.69. The van der Waals surface area contributed by atoms with E-state index < -0.39 is 0 Å². The molecule has 2 rings (SSSR count). The molecule has 7 nitrogen and oxygen atoms in total. The second-order valence-corrected chi connectivity index (χ2v) is 3.93. The van der Waals surface area contributed by atoms with Gasteiger partial charge in [-0.25, -0.2) is 9.97 Å². The first-order valence-electron chi connectivity index (χ1n) is 6.09. The van der Waals surface area contributed by atoms with Crippen molar-refractivity contribution >= 4 is 5.84 Å². The van der Waals surface area contributed by atoms with Gasteiger partial charge < -0.3 is 10.9 Å². The van der Waals surface area contributed by atoms with Gasteiger partial charge in [0.2, 0.25) is 0 Å². The summed E-state index contributed by atoms with van der Waals surface area (Å²) in [6.07, 6.45) is 1.52. The van der Waals surface area contributed by atoms with Crippen molar-refractivity contribution < 1.29 is 5.21 Å². The van der Waals surface area contributed by atoms with Crippen LogP contribution >= 0.6 is 0 Å². The summed E-state index contributed by atoms with van der Waals surface area (Å²) in [5, 5.41) is 16.0. The van der Waals surface area contributed by atoms with Gasteiger partial charge in [-0.1, -0.05) is 25.1 Å². The third-order valence-electron chi connectivity index (χ3n) is 2.67. The molecule has 0 aliphatic rings. The van der Waals surface area contributed by atoms with E-state index in [0.29, 0.717) is 11.5 Å². The molecule has 0 unspecified atom stereocenters. The topological polar surface area (TPSA) is 102 Å². The maximum Gasteiger partial charge on any atom is 0.188 e. The van der Waals surface area contributed by atoms with Crippen molar-refractivity contribution in [2.24, 2.45) is 10.9 Å². The van der Waals surface area contributed by atoms with Crippen LogP contribution in [0.1, 0.15) is 31.2 Å². The molecular weight excluding hydrogens is 244 g/mol. The molecule has 0 atom stereocenters. The molecule has 0 amide bonds. The summed E-state index contributed by atoms with van der Waals surface area (Å²) in [4.78, 5) is 8.73. The molecule has 0 aromatic carbocycles. The van der Waals surface area contributed by atoms with Crippen molar-refractivity contribution in [3.8, 4) is 5.82 Å². The number of nitrogens with zero attached hydrogens (tertiary/aromatic N) is 5. The van der Waals surface area contributed by atoms with Gasteiger partial charge in [-0.15, -0.1) is 5.10 Å². The molecular formula is C12H16N6O. The molecule has 3 N–H and O–H groups in total. The first-order valence-corrected chi connectivity index (χ1v) is 6.09. The lowest BCUT2D eigenvalue weighted by Gasteiger charge is -2.05. The molecule has 0 aliphatic carbocycles. The van der Waals surface area contributed by atoms with Crippen LogP contribution in [0.25, 0.3) is 5.82 Å². The normalized spacial score (nSPS) is 11.8. The molecule has 0 bridgehead atoms. The number of aryl methyl sites for hydroxylation is 2. The van der Waals surface area contributed by atoms with Gasteiger partial charge in [-0.05, 0) is 12.1 Å². The van der Waals surface area contributed by atoms with Gasteiger partial charge in [-0.2, -0.15) is 4.68 Å². The fourth-order valence-electron chi connectivity index (χ4n) is 1.69. The largest absolute Gasteiger partial charge is 0.409 e. The highest BCUT2D eigenvalue weighted by atomic mass is 16.4. The number of amidine groups is 1. The van der Waals surface area contributed by atoms with Gasteiger partial charge in [0.1, 0.15) is 11.5 Å². The van der Waals surface area contributed by atoms with E-state index in [1.165, 1.54) is 0 Å². The van der Waals surface area contributed by atoms with Crippen molar-refractivity contribution in [3.63, 3.8) is 0 Å². The van der Waals surface area contributed by atoms with Crippen molar-refractivity contribution in [2.45, 2.75) is 26.7 Å². The maximum atomic E-state index is 8.68. The summed E-state index contributed by atoms with van der Waals surface area (Å²) in [6, 6.07) is 5.26. The molecule has 19 heavy (non-hydrogen) atoms. The van der Waals surface area contributed by atoms with Gasteiger partial charge in [0, 0.05) is 12.8 Å². The Bertz CT molecular complexity index is 604. The highest BCUT2D eigenvalue weighted by Gasteiger charge is 2.11. The van der Waals surface area contributed by atoms with Gasteiger partial charge in [0.15, 0.2) is 17.5 Å². The van der Waals surface area contributed by atoms with E-state index in [4.69, 9.17) is 10.9 Å². The lowest BCUT2D eigenvalue weighted by atomic mass is 10.3. The van der Waals surface area contributed by atoms with E-state index in [9.17, 15) is 0 Å². The van der Waals surface area contributed by atoms with Crippen LogP contribution < -0.4 is 5.73 Å². The van der Waals surface area contributed by atoms with E-state index in [0.717, 1.165) is 24.5 Å². The lowest BCUT2D eigenvalue weighted by molar-refractivity contribution is 0.318. The van der Waals surface area contributed by atoms with Crippen molar-refractivity contribution in [3.05, 3.63) is 35.5 Å². The summed E-state index contributed by atoms with van der Waals surface area (Å²) in [6.45, 7) is 4.01. The van der Waals surface area contributed by atoms with Crippen LogP contribution in [0.5, 0.6) is 0 Å². The molecule has 0 spiro atoms. The van der Waals surface area contributed by atoms with Gasteiger partial charge in [-0.3, -0.25) is 0 Å². The molecule has 2 aromatic rings. The third-order valence-corrected chi connectivity index (χ3v) is 2.67. The molecule has 0 saturated heterocycles. The van der Waals surface area contributed by atoms with E-state index >= 15 is 0 Å². The molecule has 0 aliphatic heterocycles. The first kappa shape index (κ1) is 13.0. The minimum atomic E-state index is -0.0317. The lowest BCUT2D eigenvalue weighted by Crippen LogP contribution is -2.16. The van der Waals surface area contributed by atoms with Crippen LogP contribution in [-0.4, -0.2) is 30.8 Å². The Hall–Kier alpha value is -2.44. The second kappa shape index (κ2) is 5.47. The predicted molar refractivity (Wildman–Crippen MR) is 70.4 cm³/mol. The van der Waals surface area contributed by atoms with E-state index in [2.05, 4.69) is 20.2 Å². The third kappa shape index (κ3) is 2.54. The Labute approximate surface area is 110 Å². The summed E-state index contributed by atoms with van der Waals surface area (Å²) < 4.78 is 1.69. The Morgan fingerprint density at radius 3 is 2.74 bits per heavy atom. The highest BCUT2D eigenvalue weighted by Crippen LogP contribution is 2.09. The molecule has 7 heteroatoms. The monoisotopic (exact) mass is 260 g/mol. The molecule has 2 aromatic heterocycles. The zero-order valence-corrected chi connectivity index (χ0v) is 10.9. The number of rotatable bonds is 4. The standard InChI is InChI=1S/C12H16N6O/c1-3-9-15-10(4-2)18(16-9)11-7-5-6-8(14-11)12(13)17-19/h5-7,19H,3-4H2,1-2H3,(H2,13,17). The number of oxime groups is 1.